The van der Waals surface area contributed by atoms with Crippen LogP contribution in [-0.2, 0) is 0 Å². The van der Waals surface area contributed by atoms with Crippen LogP contribution in [0.5, 0.6) is 0 Å². The lowest BCUT2D eigenvalue weighted by molar-refractivity contribution is 1.06. The van der Waals surface area contributed by atoms with Gasteiger partial charge >= 0.3 is 0 Å². The average molecular weight is 288 g/mol. The number of hydrogen-bond donors (Lipinski definition) is 2. The van der Waals surface area contributed by atoms with Gasteiger partial charge in [-0.25, -0.2) is 4.98 Å². The van der Waals surface area contributed by atoms with Crippen molar-refractivity contribution in [3.63, 3.8) is 0 Å². The summed E-state index contributed by atoms with van der Waals surface area (Å²) in [6.45, 7) is 0. The van der Waals surface area contributed by atoms with E-state index in [4.69, 9.17) is 28.9 Å². The normalized spacial score (nSPS) is 10.5. The molecule has 0 unspecified atom stereocenters. The van der Waals surface area contributed by atoms with Gasteiger partial charge in [-0.15, -0.1) is 0 Å². The molecule has 0 bridgehead atoms. The Kier molecular flexibility index (Phi) is 3.61. The number of nitrogen functional groups attached to an aromatic ring is 1. The summed E-state index contributed by atoms with van der Waals surface area (Å²) in [5.41, 5.74) is 5.05. The fraction of sp³-hybridized carbons (Fsp3) is 0. The lowest BCUT2D eigenvalue weighted by Crippen LogP contribution is -2.11. The fourth-order valence-electron chi connectivity index (χ4n) is 1.15. The standard InChI is InChI=1S/C10H7Cl2N3OS/c11-5-1-2-7(6(12)3-5)17-8-4-14-10(13)15-9(8)16/h1-4H,(H3,13,14,15,16). The van der Waals surface area contributed by atoms with Crippen LogP contribution < -0.4 is 11.3 Å². The highest BCUT2D eigenvalue weighted by Crippen LogP contribution is 2.32. The van der Waals surface area contributed by atoms with Crippen molar-refractivity contribution in [3.8, 4) is 0 Å². The largest absolute Gasteiger partial charge is 0.369 e. The Labute approximate surface area is 111 Å². The molecule has 0 saturated heterocycles. The van der Waals surface area contributed by atoms with E-state index in [0.29, 0.717) is 14.9 Å². The molecule has 0 spiro atoms. The molecular formula is C10H7Cl2N3OS. The first-order chi connectivity index (χ1) is 8.06. The molecular weight excluding hydrogens is 281 g/mol. The molecule has 0 amide bonds. The Balaban J connectivity index is 2.35. The van der Waals surface area contributed by atoms with E-state index < -0.39 is 0 Å². The van der Waals surface area contributed by atoms with E-state index in [9.17, 15) is 4.79 Å². The van der Waals surface area contributed by atoms with Gasteiger partial charge in [0.2, 0.25) is 0 Å². The topological polar surface area (TPSA) is 71.8 Å². The second kappa shape index (κ2) is 5.00. The van der Waals surface area contributed by atoms with Crippen LogP contribution in [-0.4, -0.2) is 9.97 Å². The number of nitrogens with zero attached hydrogens (tertiary/aromatic N) is 1. The molecule has 0 fully saturated rings. The quantitative estimate of drug-likeness (QED) is 0.891. The number of aromatic nitrogens is 2. The van der Waals surface area contributed by atoms with E-state index in [1.54, 1.807) is 18.2 Å². The van der Waals surface area contributed by atoms with Gasteiger partial charge in [-0.05, 0) is 18.2 Å². The molecule has 0 saturated carbocycles. The molecule has 3 N–H and O–H groups in total. The van der Waals surface area contributed by atoms with Crippen molar-refractivity contribution in [2.24, 2.45) is 0 Å². The van der Waals surface area contributed by atoms with Gasteiger partial charge in [-0.1, -0.05) is 35.0 Å². The molecule has 4 nitrogen and oxygen atoms in total. The molecule has 88 valence electrons. The van der Waals surface area contributed by atoms with Crippen molar-refractivity contribution in [3.05, 3.63) is 44.8 Å². The molecule has 0 aliphatic rings. The summed E-state index contributed by atoms with van der Waals surface area (Å²) < 4.78 is 0. The molecule has 7 heteroatoms. The Bertz CT molecular complexity index is 615. The van der Waals surface area contributed by atoms with Crippen molar-refractivity contribution < 1.29 is 0 Å². The van der Waals surface area contributed by atoms with Gasteiger partial charge in [0, 0.05) is 9.92 Å². The molecule has 0 aliphatic carbocycles. The number of H-pyrrole nitrogens is 1. The van der Waals surface area contributed by atoms with E-state index in [1.807, 2.05) is 0 Å². The Morgan fingerprint density at radius 1 is 1.29 bits per heavy atom. The Morgan fingerprint density at radius 2 is 2.06 bits per heavy atom. The minimum atomic E-state index is -0.298. The minimum Gasteiger partial charge on any atom is -0.369 e. The summed E-state index contributed by atoms with van der Waals surface area (Å²) in [5, 5.41) is 1.03. The van der Waals surface area contributed by atoms with Crippen LogP contribution in [0.2, 0.25) is 10.0 Å². The van der Waals surface area contributed by atoms with Crippen LogP contribution in [0.1, 0.15) is 0 Å². The second-order valence-corrected chi connectivity index (χ2v) is 5.07. The molecule has 1 aromatic heterocycles. The van der Waals surface area contributed by atoms with Crippen LogP contribution in [0.25, 0.3) is 0 Å². The highest BCUT2D eigenvalue weighted by atomic mass is 35.5. The number of aromatic amines is 1. The summed E-state index contributed by atoms with van der Waals surface area (Å²) in [6.07, 6.45) is 1.41. The second-order valence-electron chi connectivity index (χ2n) is 3.14. The van der Waals surface area contributed by atoms with Crippen LogP contribution in [0.15, 0.2) is 39.0 Å². The number of rotatable bonds is 2. The van der Waals surface area contributed by atoms with Gasteiger partial charge in [0.1, 0.15) is 0 Å². The van der Waals surface area contributed by atoms with Gasteiger partial charge in [0.15, 0.2) is 5.95 Å². The maximum atomic E-state index is 11.6. The summed E-state index contributed by atoms with van der Waals surface area (Å²) in [7, 11) is 0. The van der Waals surface area contributed by atoms with Crippen molar-refractivity contribution >= 4 is 40.9 Å². The van der Waals surface area contributed by atoms with Crippen LogP contribution in [0, 0.1) is 0 Å². The smallest absolute Gasteiger partial charge is 0.266 e. The van der Waals surface area contributed by atoms with E-state index in [2.05, 4.69) is 9.97 Å². The molecule has 0 radical (unpaired) electrons. The highest BCUT2D eigenvalue weighted by molar-refractivity contribution is 7.99. The van der Waals surface area contributed by atoms with Crippen molar-refractivity contribution in [1.29, 1.82) is 0 Å². The fourth-order valence-corrected chi connectivity index (χ4v) is 2.45. The van der Waals surface area contributed by atoms with E-state index in [1.165, 1.54) is 18.0 Å². The third kappa shape index (κ3) is 2.94. The van der Waals surface area contributed by atoms with E-state index >= 15 is 0 Å². The lowest BCUT2D eigenvalue weighted by atomic mass is 10.4. The zero-order valence-electron chi connectivity index (χ0n) is 8.41. The van der Waals surface area contributed by atoms with E-state index in [0.717, 1.165) is 4.90 Å². The number of halogens is 2. The third-order valence-corrected chi connectivity index (χ3v) is 3.65. The summed E-state index contributed by atoms with van der Waals surface area (Å²) in [6, 6.07) is 5.06. The lowest BCUT2D eigenvalue weighted by Gasteiger charge is -2.03. The van der Waals surface area contributed by atoms with Crippen molar-refractivity contribution in [1.82, 2.24) is 9.97 Å². The summed E-state index contributed by atoms with van der Waals surface area (Å²) in [4.78, 5) is 18.9. The maximum absolute atomic E-state index is 11.6. The third-order valence-electron chi connectivity index (χ3n) is 1.90. The van der Waals surface area contributed by atoms with E-state index in [-0.39, 0.29) is 11.5 Å². The predicted octanol–water partition coefficient (Wildman–Crippen LogP) is 2.81. The summed E-state index contributed by atoms with van der Waals surface area (Å²) >= 11 is 13.0. The van der Waals surface area contributed by atoms with Gasteiger partial charge < -0.3 is 5.73 Å². The van der Waals surface area contributed by atoms with Gasteiger partial charge in [0.05, 0.1) is 16.1 Å². The minimum absolute atomic E-state index is 0.0848. The Hall–Kier alpha value is -1.17. The first-order valence-electron chi connectivity index (χ1n) is 4.54. The highest BCUT2D eigenvalue weighted by Gasteiger charge is 2.07. The molecule has 0 atom stereocenters. The number of anilines is 1. The molecule has 17 heavy (non-hydrogen) atoms. The maximum Gasteiger partial charge on any atom is 0.266 e. The number of nitrogens with one attached hydrogen (secondary N) is 1. The zero-order chi connectivity index (χ0) is 12.4. The average Bonchev–Trinajstić information content (AvgIpc) is 2.25. The van der Waals surface area contributed by atoms with Gasteiger partial charge in [0.25, 0.3) is 5.56 Å². The van der Waals surface area contributed by atoms with Gasteiger partial charge in [-0.3, -0.25) is 9.78 Å². The number of benzene rings is 1. The monoisotopic (exact) mass is 287 g/mol. The number of hydrogen-bond acceptors (Lipinski definition) is 4. The first kappa shape index (κ1) is 12.3. The number of nitrogens with two attached hydrogens (primary N) is 1. The Morgan fingerprint density at radius 3 is 2.71 bits per heavy atom. The molecule has 1 aromatic carbocycles. The van der Waals surface area contributed by atoms with Crippen LogP contribution in [0.4, 0.5) is 5.95 Å². The van der Waals surface area contributed by atoms with Crippen molar-refractivity contribution in [2.45, 2.75) is 9.79 Å². The molecule has 1 heterocycles. The van der Waals surface area contributed by atoms with Crippen LogP contribution in [0.3, 0.4) is 0 Å². The van der Waals surface area contributed by atoms with Crippen LogP contribution >= 0.6 is 35.0 Å². The molecule has 2 rings (SSSR count). The zero-order valence-corrected chi connectivity index (χ0v) is 10.7. The summed E-state index contributed by atoms with van der Waals surface area (Å²) in [5.74, 6) is 0.0848. The SMILES string of the molecule is Nc1ncc(Sc2ccc(Cl)cc2Cl)c(=O)[nH]1. The van der Waals surface area contributed by atoms with Gasteiger partial charge in [-0.2, -0.15) is 0 Å². The molecule has 2 aromatic rings. The first-order valence-corrected chi connectivity index (χ1v) is 6.11. The molecule has 0 aliphatic heterocycles. The predicted molar refractivity (Wildman–Crippen MR) is 69.9 cm³/mol. The van der Waals surface area contributed by atoms with Crippen molar-refractivity contribution in [2.75, 3.05) is 5.73 Å².